The number of nitrogens with one attached hydrogen (secondary N) is 2. The van der Waals surface area contributed by atoms with Crippen LogP contribution < -0.4 is 10.6 Å². The minimum absolute atomic E-state index is 0.104. The molecule has 2 fully saturated rings. The predicted molar refractivity (Wildman–Crippen MR) is 60.6 cm³/mol. The third kappa shape index (κ3) is 2.71. The molecule has 0 radical (unpaired) electrons. The summed E-state index contributed by atoms with van der Waals surface area (Å²) in [7, 11) is 0. The van der Waals surface area contributed by atoms with Crippen LogP contribution >= 0.6 is 0 Å². The zero-order chi connectivity index (χ0) is 10.7. The molecule has 1 saturated carbocycles. The highest BCUT2D eigenvalue weighted by atomic mass is 16.2. The quantitative estimate of drug-likeness (QED) is 0.740. The van der Waals surface area contributed by atoms with Crippen LogP contribution in [0.5, 0.6) is 0 Å². The number of carbonyl (C=O) groups excluding carboxylic acids is 1. The zero-order valence-corrected chi connectivity index (χ0v) is 9.59. The monoisotopic (exact) mass is 210 g/mol. The molecule has 0 bridgehead atoms. The second-order valence-electron chi connectivity index (χ2n) is 4.94. The first-order chi connectivity index (χ1) is 7.29. The minimum Gasteiger partial charge on any atom is -0.352 e. The van der Waals surface area contributed by atoms with Crippen molar-refractivity contribution >= 4 is 5.91 Å². The molecule has 3 heteroatoms. The van der Waals surface area contributed by atoms with Gasteiger partial charge < -0.3 is 10.6 Å². The largest absolute Gasteiger partial charge is 0.352 e. The SMILES string of the molecule is CCC1CCCC(NC(=O)[C@H]2CCN2)C1. The molecule has 1 aliphatic heterocycles. The Labute approximate surface area is 92.0 Å². The van der Waals surface area contributed by atoms with E-state index in [0.29, 0.717) is 6.04 Å². The Hall–Kier alpha value is -0.570. The van der Waals surface area contributed by atoms with E-state index in [9.17, 15) is 4.79 Å². The number of carbonyl (C=O) groups is 1. The van der Waals surface area contributed by atoms with Crippen LogP contribution in [-0.2, 0) is 4.79 Å². The first-order valence-corrected chi connectivity index (χ1v) is 6.33. The maximum Gasteiger partial charge on any atom is 0.237 e. The van der Waals surface area contributed by atoms with Crippen molar-refractivity contribution in [2.75, 3.05) is 6.54 Å². The molecule has 1 heterocycles. The first kappa shape index (κ1) is 10.9. The van der Waals surface area contributed by atoms with Crippen LogP contribution in [0.1, 0.15) is 45.4 Å². The molecule has 0 aromatic carbocycles. The van der Waals surface area contributed by atoms with E-state index in [1.165, 1.54) is 32.1 Å². The molecule has 2 unspecified atom stereocenters. The van der Waals surface area contributed by atoms with Crippen molar-refractivity contribution < 1.29 is 4.79 Å². The molecule has 0 aromatic heterocycles. The maximum atomic E-state index is 11.7. The molecule has 1 aliphatic carbocycles. The summed E-state index contributed by atoms with van der Waals surface area (Å²) < 4.78 is 0. The number of rotatable bonds is 3. The highest BCUT2D eigenvalue weighted by Crippen LogP contribution is 2.26. The van der Waals surface area contributed by atoms with Gasteiger partial charge >= 0.3 is 0 Å². The van der Waals surface area contributed by atoms with E-state index in [-0.39, 0.29) is 11.9 Å². The van der Waals surface area contributed by atoms with Gasteiger partial charge in [-0.05, 0) is 31.7 Å². The fourth-order valence-electron chi connectivity index (χ4n) is 2.61. The van der Waals surface area contributed by atoms with Crippen LogP contribution in [0.15, 0.2) is 0 Å². The summed E-state index contributed by atoms with van der Waals surface area (Å²) in [5, 5.41) is 6.33. The molecule has 1 saturated heterocycles. The highest BCUT2D eigenvalue weighted by molar-refractivity contribution is 5.82. The van der Waals surface area contributed by atoms with E-state index < -0.39 is 0 Å². The lowest BCUT2D eigenvalue weighted by Crippen LogP contribution is -2.55. The standard InChI is InChI=1S/C12H22N2O/c1-2-9-4-3-5-10(8-9)14-12(15)11-6-7-13-11/h9-11,13H,2-8H2,1H3,(H,14,15)/t9?,10?,11-/m1/s1. The van der Waals surface area contributed by atoms with Gasteiger partial charge in [-0.15, -0.1) is 0 Å². The second kappa shape index (κ2) is 4.97. The molecule has 0 aromatic rings. The third-order valence-corrected chi connectivity index (χ3v) is 3.85. The van der Waals surface area contributed by atoms with Crippen molar-refractivity contribution in [1.29, 1.82) is 0 Å². The normalized spacial score (nSPS) is 35.7. The summed E-state index contributed by atoms with van der Waals surface area (Å²) in [4.78, 5) is 11.7. The first-order valence-electron chi connectivity index (χ1n) is 6.33. The summed E-state index contributed by atoms with van der Waals surface area (Å²) in [5.74, 6) is 1.06. The predicted octanol–water partition coefficient (Wildman–Crippen LogP) is 1.43. The molecule has 3 nitrogen and oxygen atoms in total. The molecule has 2 rings (SSSR count). The van der Waals surface area contributed by atoms with Crippen molar-refractivity contribution in [1.82, 2.24) is 10.6 Å². The van der Waals surface area contributed by atoms with Crippen LogP contribution in [0.2, 0.25) is 0 Å². The van der Waals surface area contributed by atoms with Crippen molar-refractivity contribution in [2.45, 2.75) is 57.5 Å². The zero-order valence-electron chi connectivity index (χ0n) is 9.59. The van der Waals surface area contributed by atoms with Crippen LogP contribution in [0.25, 0.3) is 0 Å². The fraction of sp³-hybridized carbons (Fsp3) is 0.917. The van der Waals surface area contributed by atoms with E-state index >= 15 is 0 Å². The number of hydrogen-bond donors (Lipinski definition) is 2. The van der Waals surface area contributed by atoms with E-state index in [4.69, 9.17) is 0 Å². The van der Waals surface area contributed by atoms with Crippen molar-refractivity contribution in [3.63, 3.8) is 0 Å². The summed E-state index contributed by atoms with van der Waals surface area (Å²) in [6.45, 7) is 3.25. The van der Waals surface area contributed by atoms with E-state index in [0.717, 1.165) is 18.9 Å². The molecule has 0 spiro atoms. The van der Waals surface area contributed by atoms with Gasteiger partial charge in [0.25, 0.3) is 0 Å². The molecule has 86 valence electrons. The second-order valence-corrected chi connectivity index (χ2v) is 4.94. The molecule has 2 N–H and O–H groups in total. The Morgan fingerprint density at radius 1 is 1.40 bits per heavy atom. The third-order valence-electron chi connectivity index (χ3n) is 3.85. The van der Waals surface area contributed by atoms with Gasteiger partial charge in [-0.3, -0.25) is 4.79 Å². The van der Waals surface area contributed by atoms with Crippen molar-refractivity contribution in [2.24, 2.45) is 5.92 Å². The topological polar surface area (TPSA) is 41.1 Å². The van der Waals surface area contributed by atoms with Gasteiger partial charge in [0.15, 0.2) is 0 Å². The van der Waals surface area contributed by atoms with Crippen LogP contribution in [0.3, 0.4) is 0 Å². The van der Waals surface area contributed by atoms with Crippen molar-refractivity contribution in [3.8, 4) is 0 Å². The Balaban J connectivity index is 1.75. The van der Waals surface area contributed by atoms with Gasteiger partial charge in [-0.25, -0.2) is 0 Å². The van der Waals surface area contributed by atoms with E-state index in [2.05, 4.69) is 17.6 Å². The lowest BCUT2D eigenvalue weighted by molar-refractivity contribution is -0.125. The van der Waals surface area contributed by atoms with Crippen LogP contribution in [-0.4, -0.2) is 24.5 Å². The summed E-state index contributed by atoms with van der Waals surface area (Å²) in [6.07, 6.45) is 7.26. The van der Waals surface area contributed by atoms with Gasteiger partial charge in [0.2, 0.25) is 5.91 Å². The Kier molecular flexibility index (Phi) is 3.62. The average Bonchev–Trinajstić information content (AvgIpc) is 2.15. The number of hydrogen-bond acceptors (Lipinski definition) is 2. The molecular formula is C12H22N2O. The Morgan fingerprint density at radius 2 is 2.20 bits per heavy atom. The minimum atomic E-state index is 0.104. The Bertz CT molecular complexity index is 226. The summed E-state index contributed by atoms with van der Waals surface area (Å²) in [5.41, 5.74) is 0. The molecule has 15 heavy (non-hydrogen) atoms. The maximum absolute atomic E-state index is 11.7. The van der Waals surface area contributed by atoms with E-state index in [1.807, 2.05) is 0 Å². The van der Waals surface area contributed by atoms with E-state index in [1.54, 1.807) is 0 Å². The lowest BCUT2D eigenvalue weighted by Gasteiger charge is -2.32. The van der Waals surface area contributed by atoms with Gasteiger partial charge in [0, 0.05) is 6.04 Å². The van der Waals surface area contributed by atoms with Crippen LogP contribution in [0, 0.1) is 5.92 Å². The lowest BCUT2D eigenvalue weighted by atomic mass is 9.84. The average molecular weight is 210 g/mol. The van der Waals surface area contributed by atoms with Gasteiger partial charge in [0.1, 0.15) is 0 Å². The molecule has 1 amide bonds. The van der Waals surface area contributed by atoms with Gasteiger partial charge in [-0.2, -0.15) is 0 Å². The smallest absolute Gasteiger partial charge is 0.237 e. The van der Waals surface area contributed by atoms with Crippen molar-refractivity contribution in [3.05, 3.63) is 0 Å². The molecule has 2 aliphatic rings. The highest BCUT2D eigenvalue weighted by Gasteiger charge is 2.28. The van der Waals surface area contributed by atoms with Gasteiger partial charge in [0.05, 0.1) is 6.04 Å². The fourth-order valence-corrected chi connectivity index (χ4v) is 2.61. The summed E-state index contributed by atoms with van der Waals surface area (Å²) >= 11 is 0. The van der Waals surface area contributed by atoms with Crippen LogP contribution in [0.4, 0.5) is 0 Å². The molecular weight excluding hydrogens is 188 g/mol. The Morgan fingerprint density at radius 3 is 2.80 bits per heavy atom. The van der Waals surface area contributed by atoms with Gasteiger partial charge in [-0.1, -0.05) is 26.2 Å². The number of amides is 1. The molecule has 3 atom stereocenters. The summed E-state index contributed by atoms with van der Waals surface area (Å²) in [6, 6.07) is 0.547.